The van der Waals surface area contributed by atoms with Gasteiger partial charge in [-0.3, -0.25) is 24.0 Å². The van der Waals surface area contributed by atoms with Gasteiger partial charge in [0.2, 0.25) is 5.91 Å². The lowest BCUT2D eigenvalue weighted by Crippen LogP contribution is -2.75. The number of amides is 1. The van der Waals surface area contributed by atoms with Gasteiger partial charge in [-0.25, -0.2) is 4.79 Å². The number of esters is 5. The molecule has 0 spiro atoms. The lowest BCUT2D eigenvalue weighted by molar-refractivity contribution is -0.346. The molecule has 1 heterocycles. The van der Waals surface area contributed by atoms with Crippen LogP contribution in [0, 0.1) is 12.3 Å². The van der Waals surface area contributed by atoms with Crippen molar-refractivity contribution in [3.05, 3.63) is 0 Å². The van der Waals surface area contributed by atoms with E-state index in [0.717, 1.165) is 41.7 Å². The number of aliphatic hydroxyl groups is 1. The van der Waals surface area contributed by atoms with Crippen molar-refractivity contribution in [2.75, 3.05) is 20.3 Å². The molecule has 0 unspecified atom stereocenters. The highest BCUT2D eigenvalue weighted by molar-refractivity contribution is 5.80. The number of aliphatic hydroxyl groups excluding tert-OH is 1. The van der Waals surface area contributed by atoms with Crippen molar-refractivity contribution >= 4 is 35.8 Å². The van der Waals surface area contributed by atoms with Crippen LogP contribution in [-0.4, -0.2) is 104 Å². The molecule has 0 radical (unpaired) electrons. The maximum atomic E-state index is 12.9. The summed E-state index contributed by atoms with van der Waals surface area (Å²) >= 11 is 0. The summed E-state index contributed by atoms with van der Waals surface area (Å²) in [6.45, 7) is 3.82. The van der Waals surface area contributed by atoms with E-state index in [-0.39, 0.29) is 0 Å². The second-order valence-electron chi connectivity index (χ2n) is 8.00. The van der Waals surface area contributed by atoms with Crippen molar-refractivity contribution in [2.24, 2.45) is 0 Å². The fourth-order valence-electron chi connectivity index (χ4n) is 3.74. The Labute approximate surface area is 218 Å². The van der Waals surface area contributed by atoms with E-state index in [1.54, 1.807) is 0 Å². The van der Waals surface area contributed by atoms with Crippen LogP contribution in [0.15, 0.2) is 0 Å². The first-order chi connectivity index (χ1) is 17.7. The zero-order chi connectivity index (χ0) is 29.2. The summed E-state index contributed by atoms with van der Waals surface area (Å²) in [6, 6.07) is -1.56. The van der Waals surface area contributed by atoms with Gasteiger partial charge < -0.3 is 43.6 Å². The van der Waals surface area contributed by atoms with Gasteiger partial charge in [0, 0.05) is 34.6 Å². The Morgan fingerprint density at radius 2 is 1.61 bits per heavy atom. The number of methoxy groups -OCH3 is 1. The Hall–Kier alpha value is -3.74. The van der Waals surface area contributed by atoms with E-state index < -0.39 is 91.3 Å². The Kier molecular flexibility index (Phi) is 12.1. The summed E-state index contributed by atoms with van der Waals surface area (Å²) in [5.74, 6) is -6.37. The predicted octanol–water partition coefficient (Wildman–Crippen LogP) is -1.87. The Balaban J connectivity index is 3.90. The first kappa shape index (κ1) is 32.3. The topological polar surface area (TPSA) is 199 Å². The van der Waals surface area contributed by atoms with Crippen molar-refractivity contribution in [2.45, 2.75) is 77.0 Å². The molecule has 15 nitrogen and oxygen atoms in total. The molecule has 1 saturated heterocycles. The number of nitrogens with one attached hydrogen (secondary N) is 1. The second kappa shape index (κ2) is 14.3. The molecule has 0 saturated carbocycles. The van der Waals surface area contributed by atoms with Crippen LogP contribution in [0.5, 0.6) is 0 Å². The van der Waals surface area contributed by atoms with Crippen LogP contribution in [0.2, 0.25) is 0 Å². The normalized spacial score (nSPS) is 25.9. The van der Waals surface area contributed by atoms with Crippen LogP contribution in [0.4, 0.5) is 0 Å². The molecule has 1 amide bonds. The van der Waals surface area contributed by atoms with Gasteiger partial charge in [0.1, 0.15) is 19.3 Å². The van der Waals surface area contributed by atoms with E-state index in [2.05, 4.69) is 11.2 Å². The number of rotatable bonds is 11. The van der Waals surface area contributed by atoms with Gasteiger partial charge in [-0.05, 0) is 0 Å². The predicted molar refractivity (Wildman–Crippen MR) is 121 cm³/mol. The fourth-order valence-corrected chi connectivity index (χ4v) is 3.74. The van der Waals surface area contributed by atoms with Gasteiger partial charge in [0.15, 0.2) is 24.4 Å². The quantitative estimate of drug-likeness (QED) is 0.166. The number of terminal acetylenes is 1. The molecule has 15 heteroatoms. The van der Waals surface area contributed by atoms with Crippen LogP contribution in [0.3, 0.4) is 0 Å². The van der Waals surface area contributed by atoms with Gasteiger partial charge in [-0.15, -0.1) is 6.42 Å². The first-order valence-corrected chi connectivity index (χ1v) is 11.1. The van der Waals surface area contributed by atoms with Crippen LogP contribution in [0.1, 0.15) is 34.6 Å². The maximum Gasteiger partial charge on any atom is 0.369 e. The Morgan fingerprint density at radius 3 is 2.05 bits per heavy atom. The third-order valence-electron chi connectivity index (χ3n) is 4.99. The minimum Gasteiger partial charge on any atom is -0.465 e. The zero-order valence-corrected chi connectivity index (χ0v) is 21.7. The lowest BCUT2D eigenvalue weighted by Gasteiger charge is -2.50. The Bertz CT molecular complexity index is 958. The van der Waals surface area contributed by atoms with Crippen molar-refractivity contribution in [1.29, 1.82) is 0 Å². The summed E-state index contributed by atoms with van der Waals surface area (Å²) in [5, 5.41) is 13.6. The second-order valence-corrected chi connectivity index (χ2v) is 8.00. The third kappa shape index (κ3) is 8.40. The molecule has 0 aliphatic carbocycles. The van der Waals surface area contributed by atoms with Gasteiger partial charge in [-0.2, -0.15) is 0 Å². The molecule has 1 aliphatic rings. The highest BCUT2D eigenvalue weighted by atomic mass is 16.8. The Morgan fingerprint density at radius 1 is 1.00 bits per heavy atom. The highest BCUT2D eigenvalue weighted by Crippen LogP contribution is 2.37. The van der Waals surface area contributed by atoms with E-state index in [4.69, 9.17) is 39.6 Å². The monoisotopic (exact) mass is 545 g/mol. The van der Waals surface area contributed by atoms with E-state index in [1.807, 2.05) is 0 Å². The molecule has 1 rings (SSSR count). The molecule has 2 N–H and O–H groups in total. The fraction of sp³-hybridized carbons (Fsp3) is 0.652. The molecular formula is C23H31NO14. The SMILES string of the molecule is C#CCO[C@@]1(C(=O)OC)O[C@@H]([C@H](OC(C)=O)[C@@H](COC(C)=O)OC(C)=O)[C@H](NC(C)=O)[C@@H](OC(C)=O)[C@@H]1O. The molecule has 7 atom stereocenters. The van der Waals surface area contributed by atoms with Crippen LogP contribution >= 0.6 is 0 Å². The molecule has 0 aromatic rings. The lowest BCUT2D eigenvalue weighted by atomic mass is 9.86. The minimum atomic E-state index is -2.79. The van der Waals surface area contributed by atoms with Crippen molar-refractivity contribution in [3.8, 4) is 12.3 Å². The van der Waals surface area contributed by atoms with E-state index in [0.29, 0.717) is 0 Å². The first-order valence-electron chi connectivity index (χ1n) is 11.1. The summed E-state index contributed by atoms with van der Waals surface area (Å²) in [5.41, 5.74) is 0. The largest absolute Gasteiger partial charge is 0.465 e. The third-order valence-corrected chi connectivity index (χ3v) is 4.99. The van der Waals surface area contributed by atoms with Crippen LogP contribution in [-0.2, 0) is 61.9 Å². The zero-order valence-electron chi connectivity index (χ0n) is 21.7. The number of carbonyl (C=O) groups is 6. The summed E-state index contributed by atoms with van der Waals surface area (Å²) in [7, 11) is 0.932. The van der Waals surface area contributed by atoms with Crippen molar-refractivity contribution < 1.29 is 67.0 Å². The molecule has 0 aromatic carbocycles. The van der Waals surface area contributed by atoms with Gasteiger partial charge in [0.05, 0.1) is 13.2 Å². The molecule has 38 heavy (non-hydrogen) atoms. The van der Waals surface area contributed by atoms with E-state index in [1.165, 1.54) is 0 Å². The van der Waals surface area contributed by atoms with E-state index in [9.17, 15) is 33.9 Å². The van der Waals surface area contributed by atoms with Gasteiger partial charge in [0.25, 0.3) is 0 Å². The van der Waals surface area contributed by atoms with Crippen LogP contribution in [0.25, 0.3) is 0 Å². The van der Waals surface area contributed by atoms with Crippen molar-refractivity contribution in [3.63, 3.8) is 0 Å². The number of hydrogen-bond donors (Lipinski definition) is 2. The average molecular weight is 545 g/mol. The molecular weight excluding hydrogens is 514 g/mol. The number of carbonyl (C=O) groups excluding carboxylic acids is 6. The van der Waals surface area contributed by atoms with Gasteiger partial charge in [-0.1, -0.05) is 5.92 Å². The van der Waals surface area contributed by atoms with E-state index >= 15 is 0 Å². The van der Waals surface area contributed by atoms with Crippen molar-refractivity contribution in [1.82, 2.24) is 5.32 Å². The van der Waals surface area contributed by atoms with Crippen LogP contribution < -0.4 is 5.32 Å². The molecule has 0 aromatic heterocycles. The van der Waals surface area contributed by atoms with Gasteiger partial charge >= 0.3 is 35.6 Å². The summed E-state index contributed by atoms with van der Waals surface area (Å²) in [6.07, 6.45) is -3.81. The number of hydrogen-bond acceptors (Lipinski definition) is 14. The minimum absolute atomic E-state index is 0.629. The maximum absolute atomic E-state index is 12.9. The summed E-state index contributed by atoms with van der Waals surface area (Å²) < 4.78 is 36.7. The molecule has 212 valence electrons. The highest BCUT2D eigenvalue weighted by Gasteiger charge is 2.65. The standard InChI is InChI=1S/C23H31NO14/c1-8-9-34-23(22(31)32-7)21(30)20(37-15(6)29)17(24-11(2)25)19(38-23)18(36-14(5)28)16(35-13(4)27)10-33-12(3)26/h1,16-21,30H,9-10H2,2-7H3,(H,24,25)/t16-,17+,18-,19-,20-,21+,23-/m1/s1. The average Bonchev–Trinajstić information content (AvgIpc) is 2.81. The summed E-state index contributed by atoms with van der Waals surface area (Å²) in [4.78, 5) is 72.5. The smallest absolute Gasteiger partial charge is 0.369 e. The molecule has 1 fully saturated rings. The molecule has 1 aliphatic heterocycles. The molecule has 0 bridgehead atoms. The number of ether oxygens (including phenoxy) is 7.